The lowest BCUT2D eigenvalue weighted by Gasteiger charge is -2.26. The van der Waals surface area contributed by atoms with Crippen molar-refractivity contribution in [2.75, 3.05) is 25.5 Å². The molecule has 26 heavy (non-hydrogen) atoms. The smallest absolute Gasteiger partial charge is 0.340 e. The van der Waals surface area contributed by atoms with Gasteiger partial charge in [0.15, 0.2) is 18.1 Å². The third kappa shape index (κ3) is 4.05. The number of ether oxygens (including phenoxy) is 3. The summed E-state index contributed by atoms with van der Waals surface area (Å²) in [5.74, 6) is 0.263. The Morgan fingerprint density at radius 1 is 1.19 bits per heavy atom. The van der Waals surface area contributed by atoms with Crippen molar-refractivity contribution in [3.8, 4) is 11.5 Å². The second-order valence-corrected chi connectivity index (χ2v) is 5.91. The SMILES string of the molecule is Cc1cccc(C(=O)OCC(=O)NC[C@@H]2COc3ccccc3O2)c1N. The predicted octanol–water partition coefficient (Wildman–Crippen LogP) is 1.69. The van der Waals surface area contributed by atoms with E-state index in [1.807, 2.05) is 18.2 Å². The summed E-state index contributed by atoms with van der Waals surface area (Å²) in [6, 6.07) is 12.4. The van der Waals surface area contributed by atoms with Crippen LogP contribution in [0, 0.1) is 6.92 Å². The van der Waals surface area contributed by atoms with Crippen LogP contribution in [0.2, 0.25) is 0 Å². The van der Waals surface area contributed by atoms with E-state index in [1.54, 1.807) is 31.2 Å². The Morgan fingerprint density at radius 3 is 2.77 bits per heavy atom. The Morgan fingerprint density at radius 2 is 1.96 bits per heavy atom. The van der Waals surface area contributed by atoms with E-state index in [0.29, 0.717) is 23.8 Å². The molecule has 0 aliphatic carbocycles. The highest BCUT2D eigenvalue weighted by molar-refractivity contribution is 5.96. The van der Waals surface area contributed by atoms with Gasteiger partial charge in [-0.3, -0.25) is 4.79 Å². The van der Waals surface area contributed by atoms with Crippen molar-refractivity contribution < 1.29 is 23.8 Å². The van der Waals surface area contributed by atoms with Crippen molar-refractivity contribution >= 4 is 17.6 Å². The van der Waals surface area contributed by atoms with Gasteiger partial charge in [-0.05, 0) is 30.7 Å². The van der Waals surface area contributed by atoms with Crippen LogP contribution in [-0.2, 0) is 9.53 Å². The molecule has 1 aliphatic rings. The molecule has 0 radical (unpaired) electrons. The van der Waals surface area contributed by atoms with E-state index in [-0.39, 0.29) is 18.2 Å². The zero-order valence-electron chi connectivity index (χ0n) is 14.4. The van der Waals surface area contributed by atoms with Gasteiger partial charge in [0.1, 0.15) is 12.7 Å². The number of esters is 1. The number of hydrogen-bond donors (Lipinski definition) is 2. The summed E-state index contributed by atoms with van der Waals surface area (Å²) in [4.78, 5) is 23.9. The number of nitrogens with two attached hydrogens (primary N) is 1. The third-order valence-electron chi connectivity index (χ3n) is 3.97. The topological polar surface area (TPSA) is 99.9 Å². The van der Waals surface area contributed by atoms with Crippen molar-refractivity contribution in [1.29, 1.82) is 0 Å². The molecule has 7 nitrogen and oxygen atoms in total. The molecule has 0 spiro atoms. The molecule has 3 N–H and O–H groups in total. The first kappa shape index (κ1) is 17.6. The summed E-state index contributed by atoms with van der Waals surface area (Å²) in [6.45, 7) is 1.98. The van der Waals surface area contributed by atoms with E-state index in [0.717, 1.165) is 5.56 Å². The summed E-state index contributed by atoms with van der Waals surface area (Å²) in [5.41, 5.74) is 7.23. The predicted molar refractivity (Wildman–Crippen MR) is 95.2 cm³/mol. The molecule has 3 rings (SSSR count). The van der Waals surface area contributed by atoms with Crippen LogP contribution in [0.4, 0.5) is 5.69 Å². The fourth-order valence-electron chi connectivity index (χ4n) is 2.51. The molecule has 2 aromatic carbocycles. The van der Waals surface area contributed by atoms with Gasteiger partial charge < -0.3 is 25.3 Å². The lowest BCUT2D eigenvalue weighted by atomic mass is 10.1. The van der Waals surface area contributed by atoms with Crippen molar-refractivity contribution in [3.63, 3.8) is 0 Å². The van der Waals surface area contributed by atoms with Gasteiger partial charge in [-0.15, -0.1) is 0 Å². The minimum Gasteiger partial charge on any atom is -0.486 e. The minimum atomic E-state index is -0.632. The quantitative estimate of drug-likeness (QED) is 0.625. The Bertz CT molecular complexity index is 821. The fraction of sp³-hybridized carbons (Fsp3) is 0.263. The molecule has 1 atom stereocenters. The maximum absolute atomic E-state index is 12.0. The summed E-state index contributed by atoms with van der Waals surface area (Å²) in [5, 5.41) is 2.66. The van der Waals surface area contributed by atoms with Crippen molar-refractivity contribution in [2.24, 2.45) is 0 Å². The molecule has 1 aliphatic heterocycles. The highest BCUT2D eigenvalue weighted by Crippen LogP contribution is 2.30. The van der Waals surface area contributed by atoms with Crippen LogP contribution in [0.25, 0.3) is 0 Å². The zero-order valence-corrected chi connectivity index (χ0v) is 14.4. The number of hydrogen-bond acceptors (Lipinski definition) is 6. The van der Waals surface area contributed by atoms with Gasteiger partial charge in [-0.2, -0.15) is 0 Å². The van der Waals surface area contributed by atoms with Gasteiger partial charge in [0.2, 0.25) is 0 Å². The number of fused-ring (bicyclic) bond motifs is 1. The van der Waals surface area contributed by atoms with Crippen LogP contribution in [0.15, 0.2) is 42.5 Å². The Hall–Kier alpha value is -3.22. The maximum Gasteiger partial charge on any atom is 0.340 e. The van der Waals surface area contributed by atoms with Crippen molar-refractivity contribution in [1.82, 2.24) is 5.32 Å². The van der Waals surface area contributed by atoms with Crippen molar-refractivity contribution in [2.45, 2.75) is 13.0 Å². The maximum atomic E-state index is 12.0. The molecular formula is C19H20N2O5. The molecule has 2 aromatic rings. The molecule has 0 bridgehead atoms. The number of nitrogens with one attached hydrogen (secondary N) is 1. The van der Waals surface area contributed by atoms with Gasteiger partial charge in [-0.25, -0.2) is 4.79 Å². The van der Waals surface area contributed by atoms with E-state index < -0.39 is 18.5 Å². The fourth-order valence-corrected chi connectivity index (χ4v) is 2.51. The first-order chi connectivity index (χ1) is 12.5. The van der Waals surface area contributed by atoms with Crippen LogP contribution in [0.5, 0.6) is 11.5 Å². The van der Waals surface area contributed by atoms with Crippen LogP contribution in [-0.4, -0.2) is 37.7 Å². The molecule has 136 valence electrons. The molecule has 0 unspecified atom stereocenters. The number of carbonyl (C=O) groups excluding carboxylic acids is 2. The van der Waals surface area contributed by atoms with Crippen LogP contribution < -0.4 is 20.5 Å². The van der Waals surface area contributed by atoms with Gasteiger partial charge in [0, 0.05) is 5.69 Å². The summed E-state index contributed by atoms with van der Waals surface area (Å²) >= 11 is 0. The largest absolute Gasteiger partial charge is 0.486 e. The van der Waals surface area contributed by atoms with E-state index in [2.05, 4.69) is 5.32 Å². The number of benzene rings is 2. The van der Waals surface area contributed by atoms with E-state index in [9.17, 15) is 9.59 Å². The number of carbonyl (C=O) groups is 2. The van der Waals surface area contributed by atoms with Crippen LogP contribution in [0.1, 0.15) is 15.9 Å². The van der Waals surface area contributed by atoms with Gasteiger partial charge in [0.05, 0.1) is 12.1 Å². The lowest BCUT2D eigenvalue weighted by molar-refractivity contribution is -0.124. The summed E-state index contributed by atoms with van der Waals surface area (Å²) < 4.78 is 16.3. The molecule has 0 aromatic heterocycles. The number of nitrogen functional groups attached to an aromatic ring is 1. The molecule has 1 heterocycles. The molecular weight excluding hydrogens is 336 g/mol. The van der Waals surface area contributed by atoms with Crippen molar-refractivity contribution in [3.05, 3.63) is 53.6 Å². The third-order valence-corrected chi connectivity index (χ3v) is 3.97. The lowest BCUT2D eigenvalue weighted by Crippen LogP contribution is -2.42. The summed E-state index contributed by atoms with van der Waals surface area (Å²) in [7, 11) is 0. The average molecular weight is 356 g/mol. The standard InChI is InChI=1S/C19H20N2O5/c1-12-5-4-6-14(18(12)20)19(23)25-11-17(22)21-9-13-10-24-15-7-2-3-8-16(15)26-13/h2-8,13H,9-11,20H2,1H3,(H,21,22)/t13-/m1/s1. The molecule has 7 heteroatoms. The number of aryl methyl sites for hydroxylation is 1. The minimum absolute atomic E-state index is 0.247. The van der Waals surface area contributed by atoms with E-state index in [4.69, 9.17) is 19.9 Å². The van der Waals surface area contributed by atoms with E-state index in [1.165, 1.54) is 0 Å². The second-order valence-electron chi connectivity index (χ2n) is 5.91. The monoisotopic (exact) mass is 356 g/mol. The Kier molecular flexibility index (Phi) is 5.26. The van der Waals surface area contributed by atoms with Gasteiger partial charge in [0.25, 0.3) is 5.91 Å². The number of rotatable bonds is 5. The van der Waals surface area contributed by atoms with Crippen LogP contribution in [0.3, 0.4) is 0 Å². The van der Waals surface area contributed by atoms with E-state index >= 15 is 0 Å². The highest BCUT2D eigenvalue weighted by Gasteiger charge is 2.21. The Labute approximate surface area is 151 Å². The first-order valence-electron chi connectivity index (χ1n) is 8.22. The average Bonchev–Trinajstić information content (AvgIpc) is 2.66. The molecule has 0 saturated heterocycles. The zero-order chi connectivity index (χ0) is 18.5. The second kappa shape index (κ2) is 7.77. The molecule has 0 saturated carbocycles. The molecule has 0 fully saturated rings. The van der Waals surface area contributed by atoms with Crippen LogP contribution >= 0.6 is 0 Å². The molecule has 1 amide bonds. The number of amides is 1. The number of anilines is 1. The summed E-state index contributed by atoms with van der Waals surface area (Å²) in [6.07, 6.45) is -0.308. The first-order valence-corrected chi connectivity index (χ1v) is 8.22. The highest BCUT2D eigenvalue weighted by atomic mass is 16.6. The Balaban J connectivity index is 1.45. The van der Waals surface area contributed by atoms with Gasteiger partial charge in [-0.1, -0.05) is 24.3 Å². The number of para-hydroxylation sites is 3. The normalized spacial score (nSPS) is 15.2. The van der Waals surface area contributed by atoms with Gasteiger partial charge >= 0.3 is 5.97 Å².